The Morgan fingerprint density at radius 1 is 1.33 bits per heavy atom. The number of hydrogen-bond donors (Lipinski definition) is 2. The molecule has 3 heteroatoms. The van der Waals surface area contributed by atoms with E-state index in [-0.39, 0.29) is 6.04 Å². The summed E-state index contributed by atoms with van der Waals surface area (Å²) in [4.78, 5) is 0. The van der Waals surface area contributed by atoms with Crippen LogP contribution >= 0.6 is 0 Å². The Bertz CT molecular complexity index is 339. The van der Waals surface area contributed by atoms with E-state index in [2.05, 4.69) is 50.5 Å². The van der Waals surface area contributed by atoms with E-state index in [4.69, 9.17) is 10.6 Å². The molecule has 102 valence electrons. The molecule has 0 amide bonds. The molecule has 0 fully saturated rings. The molecule has 1 aromatic rings. The fourth-order valence-electron chi connectivity index (χ4n) is 1.99. The van der Waals surface area contributed by atoms with Gasteiger partial charge in [-0.1, -0.05) is 45.0 Å². The second kappa shape index (κ2) is 8.25. The van der Waals surface area contributed by atoms with Gasteiger partial charge in [0.1, 0.15) is 0 Å². The maximum atomic E-state index is 5.61. The largest absolute Gasteiger partial charge is 0.379 e. The zero-order valence-electron chi connectivity index (χ0n) is 11.8. The van der Waals surface area contributed by atoms with Crippen molar-refractivity contribution in [3.8, 4) is 0 Å². The third-order valence-corrected chi connectivity index (χ3v) is 2.83. The van der Waals surface area contributed by atoms with E-state index in [0.29, 0.717) is 12.5 Å². The number of benzene rings is 1. The van der Waals surface area contributed by atoms with Gasteiger partial charge in [0.15, 0.2) is 0 Å². The van der Waals surface area contributed by atoms with Crippen LogP contribution in [0.5, 0.6) is 0 Å². The van der Waals surface area contributed by atoms with Crippen LogP contribution < -0.4 is 11.3 Å². The van der Waals surface area contributed by atoms with Crippen LogP contribution in [0.1, 0.15) is 44.4 Å². The molecule has 0 aliphatic carbocycles. The van der Waals surface area contributed by atoms with Gasteiger partial charge in [0, 0.05) is 6.61 Å². The third kappa shape index (κ3) is 5.17. The van der Waals surface area contributed by atoms with Gasteiger partial charge in [-0.3, -0.25) is 11.3 Å². The van der Waals surface area contributed by atoms with Crippen molar-refractivity contribution in [3.63, 3.8) is 0 Å². The highest BCUT2D eigenvalue weighted by Gasteiger charge is 2.10. The lowest BCUT2D eigenvalue weighted by molar-refractivity contribution is 0.112. The summed E-state index contributed by atoms with van der Waals surface area (Å²) in [6.07, 6.45) is 2.13. The molecule has 1 unspecified atom stereocenters. The predicted octanol–water partition coefficient (Wildman–Crippen LogP) is 2.82. The van der Waals surface area contributed by atoms with Crippen LogP contribution in [0.15, 0.2) is 24.3 Å². The molecule has 0 heterocycles. The summed E-state index contributed by atoms with van der Waals surface area (Å²) in [6, 6.07) is 8.66. The SMILES string of the molecule is CCCOCC(NN)c1cccc(CC(C)C)c1. The Balaban J connectivity index is 2.66. The van der Waals surface area contributed by atoms with Gasteiger partial charge in [-0.2, -0.15) is 0 Å². The van der Waals surface area contributed by atoms with E-state index in [1.54, 1.807) is 0 Å². The summed E-state index contributed by atoms with van der Waals surface area (Å²) >= 11 is 0. The van der Waals surface area contributed by atoms with Crippen LogP contribution in [0.2, 0.25) is 0 Å². The van der Waals surface area contributed by atoms with Gasteiger partial charge < -0.3 is 4.74 Å². The maximum Gasteiger partial charge on any atom is 0.0694 e. The minimum absolute atomic E-state index is 0.0728. The summed E-state index contributed by atoms with van der Waals surface area (Å²) in [7, 11) is 0. The van der Waals surface area contributed by atoms with Crippen LogP contribution in [0.4, 0.5) is 0 Å². The minimum Gasteiger partial charge on any atom is -0.379 e. The average Bonchev–Trinajstić information content (AvgIpc) is 2.34. The average molecular weight is 250 g/mol. The quantitative estimate of drug-likeness (QED) is 0.424. The molecule has 0 aromatic heterocycles. The number of ether oxygens (including phenoxy) is 1. The van der Waals surface area contributed by atoms with Gasteiger partial charge in [0.25, 0.3) is 0 Å². The molecule has 0 saturated heterocycles. The van der Waals surface area contributed by atoms with Crippen molar-refractivity contribution < 1.29 is 4.74 Å². The van der Waals surface area contributed by atoms with E-state index in [1.807, 2.05) is 0 Å². The van der Waals surface area contributed by atoms with E-state index in [0.717, 1.165) is 19.4 Å². The van der Waals surface area contributed by atoms with Gasteiger partial charge in [-0.25, -0.2) is 0 Å². The van der Waals surface area contributed by atoms with Crippen molar-refractivity contribution in [2.45, 2.75) is 39.7 Å². The smallest absolute Gasteiger partial charge is 0.0694 e. The molecule has 1 aromatic carbocycles. The molecule has 1 atom stereocenters. The Labute approximate surface area is 111 Å². The van der Waals surface area contributed by atoms with Crippen molar-refractivity contribution in [1.82, 2.24) is 5.43 Å². The van der Waals surface area contributed by atoms with Crippen molar-refractivity contribution in [1.29, 1.82) is 0 Å². The highest BCUT2D eigenvalue weighted by Crippen LogP contribution is 2.17. The molecule has 0 spiro atoms. The second-order valence-electron chi connectivity index (χ2n) is 5.14. The first-order chi connectivity index (χ1) is 8.67. The topological polar surface area (TPSA) is 47.3 Å². The Morgan fingerprint density at radius 2 is 2.11 bits per heavy atom. The zero-order chi connectivity index (χ0) is 13.4. The monoisotopic (exact) mass is 250 g/mol. The molecular formula is C15H26N2O. The first-order valence-electron chi connectivity index (χ1n) is 6.80. The highest BCUT2D eigenvalue weighted by molar-refractivity contribution is 5.26. The molecule has 3 N–H and O–H groups in total. The highest BCUT2D eigenvalue weighted by atomic mass is 16.5. The summed E-state index contributed by atoms with van der Waals surface area (Å²) in [5.41, 5.74) is 5.39. The first kappa shape index (κ1) is 15.2. The maximum absolute atomic E-state index is 5.61. The number of nitrogens with one attached hydrogen (secondary N) is 1. The van der Waals surface area contributed by atoms with Crippen LogP contribution in [-0.4, -0.2) is 13.2 Å². The van der Waals surface area contributed by atoms with Crippen molar-refractivity contribution in [3.05, 3.63) is 35.4 Å². The second-order valence-corrected chi connectivity index (χ2v) is 5.14. The summed E-state index contributed by atoms with van der Waals surface area (Å²) in [5, 5.41) is 0. The lowest BCUT2D eigenvalue weighted by Gasteiger charge is -2.17. The van der Waals surface area contributed by atoms with Gasteiger partial charge in [0.2, 0.25) is 0 Å². The molecular weight excluding hydrogens is 224 g/mol. The lowest BCUT2D eigenvalue weighted by Crippen LogP contribution is -2.31. The zero-order valence-corrected chi connectivity index (χ0v) is 11.8. The van der Waals surface area contributed by atoms with Gasteiger partial charge in [-0.15, -0.1) is 0 Å². The first-order valence-corrected chi connectivity index (χ1v) is 6.80. The van der Waals surface area contributed by atoms with Crippen LogP contribution in [0.25, 0.3) is 0 Å². The van der Waals surface area contributed by atoms with E-state index >= 15 is 0 Å². The minimum atomic E-state index is 0.0728. The number of nitrogens with two attached hydrogens (primary N) is 1. The third-order valence-electron chi connectivity index (χ3n) is 2.83. The summed E-state index contributed by atoms with van der Waals surface area (Å²) < 4.78 is 5.57. The summed E-state index contributed by atoms with van der Waals surface area (Å²) in [6.45, 7) is 7.97. The van der Waals surface area contributed by atoms with E-state index < -0.39 is 0 Å². The fraction of sp³-hybridized carbons (Fsp3) is 0.600. The number of rotatable bonds is 8. The Kier molecular flexibility index (Phi) is 6.94. The van der Waals surface area contributed by atoms with Crippen molar-refractivity contribution >= 4 is 0 Å². The van der Waals surface area contributed by atoms with Gasteiger partial charge in [-0.05, 0) is 29.9 Å². The normalized spacial score (nSPS) is 12.9. The standard InChI is InChI=1S/C15H26N2O/c1-4-8-18-11-15(17-16)14-7-5-6-13(10-14)9-12(2)3/h5-7,10,12,15,17H,4,8-9,11,16H2,1-3H3. The Hall–Kier alpha value is -0.900. The van der Waals surface area contributed by atoms with Crippen molar-refractivity contribution in [2.75, 3.05) is 13.2 Å². The fourth-order valence-corrected chi connectivity index (χ4v) is 1.99. The van der Waals surface area contributed by atoms with Crippen LogP contribution in [0, 0.1) is 5.92 Å². The molecule has 0 bridgehead atoms. The molecule has 0 aliphatic rings. The number of hydrazine groups is 1. The lowest BCUT2D eigenvalue weighted by atomic mass is 9.98. The van der Waals surface area contributed by atoms with Crippen LogP contribution in [-0.2, 0) is 11.2 Å². The van der Waals surface area contributed by atoms with E-state index in [1.165, 1.54) is 11.1 Å². The van der Waals surface area contributed by atoms with Crippen molar-refractivity contribution in [2.24, 2.45) is 11.8 Å². The molecule has 18 heavy (non-hydrogen) atoms. The molecule has 0 aliphatic heterocycles. The molecule has 0 saturated carbocycles. The number of hydrogen-bond acceptors (Lipinski definition) is 3. The molecule has 1 rings (SSSR count). The molecule has 3 nitrogen and oxygen atoms in total. The predicted molar refractivity (Wildman–Crippen MR) is 76.2 cm³/mol. The van der Waals surface area contributed by atoms with Crippen LogP contribution in [0.3, 0.4) is 0 Å². The van der Waals surface area contributed by atoms with Gasteiger partial charge in [0.05, 0.1) is 12.6 Å². The van der Waals surface area contributed by atoms with Gasteiger partial charge >= 0.3 is 0 Å². The van der Waals surface area contributed by atoms with E-state index in [9.17, 15) is 0 Å². The summed E-state index contributed by atoms with van der Waals surface area (Å²) in [5.74, 6) is 6.28. The molecule has 0 radical (unpaired) electrons. The Morgan fingerprint density at radius 3 is 2.72 bits per heavy atom.